The first kappa shape index (κ1) is 10.6. The number of ether oxygens (including phenoxy) is 1. The molecule has 1 aliphatic carbocycles. The summed E-state index contributed by atoms with van der Waals surface area (Å²) < 4.78 is 5.19. The maximum absolute atomic E-state index is 6.03. The van der Waals surface area contributed by atoms with Gasteiger partial charge in [-0.3, -0.25) is 0 Å². The van der Waals surface area contributed by atoms with Gasteiger partial charge in [0.25, 0.3) is 0 Å². The summed E-state index contributed by atoms with van der Waals surface area (Å²) in [5, 5.41) is 0.241. The van der Waals surface area contributed by atoms with E-state index >= 15 is 0 Å². The van der Waals surface area contributed by atoms with E-state index in [-0.39, 0.29) is 5.38 Å². The van der Waals surface area contributed by atoms with Gasteiger partial charge in [0.15, 0.2) is 0 Å². The van der Waals surface area contributed by atoms with Gasteiger partial charge in [-0.15, -0.1) is 11.6 Å². The van der Waals surface area contributed by atoms with Gasteiger partial charge in [-0.2, -0.15) is 0 Å². The Morgan fingerprint density at radius 1 is 1.47 bits per heavy atom. The van der Waals surface area contributed by atoms with Crippen molar-refractivity contribution in [3.63, 3.8) is 0 Å². The zero-order valence-corrected chi connectivity index (χ0v) is 9.63. The summed E-state index contributed by atoms with van der Waals surface area (Å²) in [6.45, 7) is 0. The van der Waals surface area contributed by atoms with Gasteiger partial charge in [-0.1, -0.05) is 23.8 Å². The molecule has 0 amide bonds. The van der Waals surface area contributed by atoms with E-state index in [0.29, 0.717) is 0 Å². The lowest BCUT2D eigenvalue weighted by Crippen LogP contribution is -1.89. The topological polar surface area (TPSA) is 9.23 Å². The van der Waals surface area contributed by atoms with Crippen molar-refractivity contribution in [1.82, 2.24) is 0 Å². The number of benzene rings is 1. The molecule has 80 valence electrons. The van der Waals surface area contributed by atoms with E-state index in [9.17, 15) is 0 Å². The molecule has 1 atom stereocenters. The molecule has 2 heteroatoms. The van der Waals surface area contributed by atoms with Crippen LogP contribution in [0.3, 0.4) is 0 Å². The zero-order valence-electron chi connectivity index (χ0n) is 8.87. The molecule has 0 bridgehead atoms. The van der Waals surface area contributed by atoms with Crippen molar-refractivity contribution in [3.8, 4) is 5.75 Å². The standard InChI is InChI=1S/C13H15ClO/c1-15-13-4-2-3-10(9-13)7-11-5-6-12(14)8-11/h2-4,8-9,12H,5-7H2,1H3. The average Bonchev–Trinajstić information content (AvgIpc) is 2.64. The third-order valence-corrected chi connectivity index (χ3v) is 3.07. The lowest BCUT2D eigenvalue weighted by atomic mass is 10.0. The normalized spacial score (nSPS) is 20.1. The smallest absolute Gasteiger partial charge is 0.119 e. The minimum atomic E-state index is 0.241. The number of hydrogen-bond acceptors (Lipinski definition) is 1. The Balaban J connectivity index is 2.07. The van der Waals surface area contributed by atoms with E-state index < -0.39 is 0 Å². The molecule has 0 N–H and O–H groups in total. The fourth-order valence-corrected chi connectivity index (χ4v) is 2.22. The van der Waals surface area contributed by atoms with Gasteiger partial charge in [0.1, 0.15) is 5.75 Å². The zero-order chi connectivity index (χ0) is 10.7. The van der Waals surface area contributed by atoms with Crippen molar-refractivity contribution in [1.29, 1.82) is 0 Å². The van der Waals surface area contributed by atoms with E-state index in [4.69, 9.17) is 16.3 Å². The van der Waals surface area contributed by atoms with E-state index in [2.05, 4.69) is 18.2 Å². The van der Waals surface area contributed by atoms with E-state index in [0.717, 1.165) is 25.0 Å². The van der Waals surface area contributed by atoms with Crippen LogP contribution < -0.4 is 4.74 Å². The van der Waals surface area contributed by atoms with Crippen LogP contribution in [0.2, 0.25) is 0 Å². The number of halogens is 1. The summed E-state index contributed by atoms with van der Waals surface area (Å²) in [5.74, 6) is 0.925. The number of methoxy groups -OCH3 is 1. The average molecular weight is 223 g/mol. The first-order valence-corrected chi connectivity index (χ1v) is 5.68. The van der Waals surface area contributed by atoms with Crippen LogP contribution in [0, 0.1) is 0 Å². The van der Waals surface area contributed by atoms with Crippen LogP contribution in [-0.4, -0.2) is 12.5 Å². The molecule has 0 fully saturated rings. The highest BCUT2D eigenvalue weighted by Gasteiger charge is 2.13. The first-order chi connectivity index (χ1) is 7.28. The Bertz CT molecular complexity index is 371. The Kier molecular flexibility index (Phi) is 3.32. The monoisotopic (exact) mass is 222 g/mol. The Labute approximate surface area is 95.7 Å². The van der Waals surface area contributed by atoms with Crippen LogP contribution in [0.4, 0.5) is 0 Å². The van der Waals surface area contributed by atoms with Crippen LogP contribution in [-0.2, 0) is 6.42 Å². The molecule has 1 aliphatic rings. The molecule has 1 aromatic carbocycles. The molecule has 1 aromatic rings. The van der Waals surface area contributed by atoms with Crippen LogP contribution in [0.25, 0.3) is 0 Å². The second kappa shape index (κ2) is 4.71. The Morgan fingerprint density at radius 2 is 2.33 bits per heavy atom. The molecule has 1 nitrogen and oxygen atoms in total. The van der Waals surface area contributed by atoms with Gasteiger partial charge in [0.2, 0.25) is 0 Å². The second-order valence-electron chi connectivity index (χ2n) is 3.91. The van der Waals surface area contributed by atoms with E-state index in [1.54, 1.807) is 7.11 Å². The van der Waals surface area contributed by atoms with E-state index in [1.165, 1.54) is 11.1 Å². The minimum absolute atomic E-state index is 0.241. The lowest BCUT2D eigenvalue weighted by Gasteiger charge is -2.04. The highest BCUT2D eigenvalue weighted by atomic mass is 35.5. The van der Waals surface area contributed by atoms with Crippen molar-refractivity contribution in [2.24, 2.45) is 0 Å². The second-order valence-corrected chi connectivity index (χ2v) is 4.47. The van der Waals surface area contributed by atoms with Crippen LogP contribution >= 0.6 is 11.6 Å². The largest absolute Gasteiger partial charge is 0.497 e. The van der Waals surface area contributed by atoms with Crippen molar-refractivity contribution in [3.05, 3.63) is 41.5 Å². The number of hydrogen-bond donors (Lipinski definition) is 0. The molecule has 0 saturated heterocycles. The molecule has 1 unspecified atom stereocenters. The summed E-state index contributed by atoms with van der Waals surface area (Å²) in [6, 6.07) is 8.21. The van der Waals surface area contributed by atoms with Crippen molar-refractivity contribution < 1.29 is 4.74 Å². The molecule has 0 aromatic heterocycles. The van der Waals surface area contributed by atoms with Gasteiger partial charge in [0.05, 0.1) is 12.5 Å². The Hall–Kier alpha value is -0.950. The SMILES string of the molecule is COc1cccc(CC2=CC(Cl)CC2)c1. The fourth-order valence-electron chi connectivity index (χ4n) is 1.94. The summed E-state index contributed by atoms with van der Waals surface area (Å²) >= 11 is 6.03. The summed E-state index contributed by atoms with van der Waals surface area (Å²) in [7, 11) is 1.70. The molecular formula is C13H15ClO. The quantitative estimate of drug-likeness (QED) is 0.561. The highest BCUT2D eigenvalue weighted by Crippen LogP contribution is 2.26. The first-order valence-electron chi connectivity index (χ1n) is 5.24. The highest BCUT2D eigenvalue weighted by molar-refractivity contribution is 6.22. The number of alkyl halides is 1. The molecule has 15 heavy (non-hydrogen) atoms. The fraction of sp³-hybridized carbons (Fsp3) is 0.385. The molecule has 0 spiro atoms. The van der Waals surface area contributed by atoms with Gasteiger partial charge in [-0.05, 0) is 37.0 Å². The lowest BCUT2D eigenvalue weighted by molar-refractivity contribution is 0.414. The maximum Gasteiger partial charge on any atom is 0.119 e. The molecule has 2 rings (SSSR count). The molecule has 0 radical (unpaired) electrons. The van der Waals surface area contributed by atoms with Gasteiger partial charge in [-0.25, -0.2) is 0 Å². The van der Waals surface area contributed by atoms with Crippen molar-refractivity contribution in [2.75, 3.05) is 7.11 Å². The third kappa shape index (κ3) is 2.75. The predicted octanol–water partition coefficient (Wildman–Crippen LogP) is 3.57. The predicted molar refractivity (Wildman–Crippen MR) is 63.7 cm³/mol. The van der Waals surface area contributed by atoms with Crippen LogP contribution in [0.5, 0.6) is 5.75 Å². The molecule has 0 aliphatic heterocycles. The number of allylic oxidation sites excluding steroid dienone is 2. The van der Waals surface area contributed by atoms with Crippen molar-refractivity contribution in [2.45, 2.75) is 24.6 Å². The number of rotatable bonds is 3. The third-order valence-electron chi connectivity index (χ3n) is 2.72. The minimum Gasteiger partial charge on any atom is -0.497 e. The van der Waals surface area contributed by atoms with Gasteiger partial charge >= 0.3 is 0 Å². The maximum atomic E-state index is 6.03. The summed E-state index contributed by atoms with van der Waals surface area (Å²) in [4.78, 5) is 0. The van der Waals surface area contributed by atoms with Gasteiger partial charge < -0.3 is 4.74 Å². The van der Waals surface area contributed by atoms with Crippen LogP contribution in [0.15, 0.2) is 35.9 Å². The summed E-state index contributed by atoms with van der Waals surface area (Å²) in [6.07, 6.45) is 5.40. The van der Waals surface area contributed by atoms with E-state index in [1.807, 2.05) is 12.1 Å². The molecular weight excluding hydrogens is 208 g/mol. The summed E-state index contributed by atoms with van der Waals surface area (Å²) in [5.41, 5.74) is 2.75. The van der Waals surface area contributed by atoms with Gasteiger partial charge in [0, 0.05) is 0 Å². The van der Waals surface area contributed by atoms with Crippen LogP contribution in [0.1, 0.15) is 18.4 Å². The molecule has 0 saturated carbocycles. The van der Waals surface area contributed by atoms with Crippen molar-refractivity contribution >= 4 is 11.6 Å². The molecule has 0 heterocycles. The Morgan fingerprint density at radius 3 is 3.00 bits per heavy atom.